The van der Waals surface area contributed by atoms with Crippen LogP contribution in [0.25, 0.3) is 121 Å². The lowest BCUT2D eigenvalue weighted by molar-refractivity contribution is 0.665. The molecule has 0 unspecified atom stereocenters. The van der Waals surface area contributed by atoms with E-state index in [4.69, 9.17) is 8.83 Å². The predicted molar refractivity (Wildman–Crippen MR) is 235 cm³/mol. The number of para-hydroxylation sites is 3. The van der Waals surface area contributed by atoms with E-state index in [0.29, 0.717) is 0 Å². The van der Waals surface area contributed by atoms with Crippen molar-refractivity contribution >= 4 is 76.2 Å². The molecule has 0 amide bonds. The normalized spacial score (nSPS) is 11.9. The Kier molecular flexibility index (Phi) is 6.66. The topological polar surface area (TPSA) is 26.3 Å². The van der Waals surface area contributed by atoms with Crippen LogP contribution >= 0.6 is 0 Å². The van der Waals surface area contributed by atoms with Crippen molar-refractivity contribution in [2.75, 3.05) is 0 Å². The SMILES string of the molecule is c1cc(-c2ccc3ccccc3c2)cc(-c2c3ccccc3c(-c3ccc(-c4cccc5c4oc4ccccc45)c4oc5ccccc5c34)c3ccccc23)c1. The van der Waals surface area contributed by atoms with Crippen molar-refractivity contribution in [1.82, 2.24) is 0 Å². The number of rotatable bonds is 4. The molecule has 0 spiro atoms. The van der Waals surface area contributed by atoms with E-state index in [1.54, 1.807) is 0 Å². The largest absolute Gasteiger partial charge is 0.455 e. The molecule has 2 nitrogen and oxygen atoms in total. The molecule has 12 rings (SSSR count). The average molecular weight is 713 g/mol. The predicted octanol–water partition coefficient (Wildman–Crippen LogP) is 15.6. The molecule has 0 saturated heterocycles. The van der Waals surface area contributed by atoms with Crippen molar-refractivity contribution in [1.29, 1.82) is 0 Å². The fourth-order valence-electron chi connectivity index (χ4n) is 9.16. The third kappa shape index (κ3) is 4.57. The zero-order valence-electron chi connectivity index (χ0n) is 30.3. The molecule has 0 aliphatic carbocycles. The Bertz CT molecular complexity index is 3490. The standard InChI is InChI=1S/C54H32O2/c1-2-14-34-31-36(28-27-33(34)13-1)35-15-11-16-37(32-35)50-39-18-3-5-20-41(39)51(42-21-6-4-19-40(42)50)47-30-29-45(54-52(47)46-22-8-10-26-49(46)56-54)44-24-12-23-43-38-17-7-9-25-48(38)55-53(43)44/h1-32H. The molecule has 12 aromatic rings. The first-order valence-corrected chi connectivity index (χ1v) is 19.2. The van der Waals surface area contributed by atoms with E-state index < -0.39 is 0 Å². The molecule has 0 aliphatic rings. The molecule has 2 aromatic heterocycles. The van der Waals surface area contributed by atoms with Gasteiger partial charge in [0.2, 0.25) is 0 Å². The minimum Gasteiger partial charge on any atom is -0.455 e. The molecule has 2 heteroatoms. The maximum Gasteiger partial charge on any atom is 0.144 e. The molecule has 0 N–H and O–H groups in total. The summed E-state index contributed by atoms with van der Waals surface area (Å²) in [4.78, 5) is 0. The Hall–Kier alpha value is -7.42. The second-order valence-electron chi connectivity index (χ2n) is 14.7. The number of benzene rings is 10. The second kappa shape index (κ2) is 12.0. The van der Waals surface area contributed by atoms with E-state index in [2.05, 4.69) is 182 Å². The van der Waals surface area contributed by atoms with E-state index in [1.165, 1.54) is 60.1 Å². The van der Waals surface area contributed by atoms with Gasteiger partial charge in [-0.1, -0.05) is 164 Å². The van der Waals surface area contributed by atoms with Gasteiger partial charge in [-0.2, -0.15) is 0 Å². The van der Waals surface area contributed by atoms with E-state index in [1.807, 2.05) is 12.1 Å². The summed E-state index contributed by atoms with van der Waals surface area (Å²) in [5.74, 6) is 0. The van der Waals surface area contributed by atoms with Gasteiger partial charge in [-0.05, 0) is 96.0 Å². The van der Waals surface area contributed by atoms with Crippen molar-refractivity contribution in [3.8, 4) is 44.5 Å². The van der Waals surface area contributed by atoms with Gasteiger partial charge < -0.3 is 8.83 Å². The average Bonchev–Trinajstić information content (AvgIpc) is 3.85. The maximum atomic E-state index is 6.88. The molecule has 10 aromatic carbocycles. The van der Waals surface area contributed by atoms with Crippen LogP contribution in [0.15, 0.2) is 203 Å². The first-order chi connectivity index (χ1) is 27.8. The molecule has 0 fully saturated rings. The molecule has 0 radical (unpaired) electrons. The summed E-state index contributed by atoms with van der Waals surface area (Å²) in [6.45, 7) is 0. The zero-order valence-corrected chi connectivity index (χ0v) is 30.3. The first-order valence-electron chi connectivity index (χ1n) is 19.2. The van der Waals surface area contributed by atoms with E-state index in [0.717, 1.165) is 60.6 Å². The summed E-state index contributed by atoms with van der Waals surface area (Å²) in [5.41, 5.74) is 12.7. The van der Waals surface area contributed by atoms with Gasteiger partial charge in [-0.3, -0.25) is 0 Å². The maximum absolute atomic E-state index is 6.88. The lowest BCUT2D eigenvalue weighted by Crippen LogP contribution is -1.92. The number of fused-ring (bicyclic) bond motifs is 9. The number of hydrogen-bond acceptors (Lipinski definition) is 2. The van der Waals surface area contributed by atoms with Gasteiger partial charge >= 0.3 is 0 Å². The fourth-order valence-corrected chi connectivity index (χ4v) is 9.16. The minimum atomic E-state index is 0.858. The van der Waals surface area contributed by atoms with Crippen molar-refractivity contribution in [3.05, 3.63) is 194 Å². The molecule has 0 saturated carbocycles. The minimum absolute atomic E-state index is 0.858. The quantitative estimate of drug-likeness (QED) is 0.170. The lowest BCUT2D eigenvalue weighted by Gasteiger charge is -2.19. The van der Waals surface area contributed by atoms with Crippen LogP contribution < -0.4 is 0 Å². The molecular formula is C54H32O2. The summed E-state index contributed by atoms with van der Waals surface area (Å²) >= 11 is 0. The van der Waals surface area contributed by atoms with Gasteiger partial charge in [0.05, 0.1) is 0 Å². The van der Waals surface area contributed by atoms with Gasteiger partial charge in [0.1, 0.15) is 22.3 Å². The Morgan fingerprint density at radius 3 is 1.55 bits per heavy atom. The summed E-state index contributed by atoms with van der Waals surface area (Å²) in [5, 5.41) is 11.7. The highest BCUT2D eigenvalue weighted by Crippen LogP contribution is 2.49. The second-order valence-corrected chi connectivity index (χ2v) is 14.7. The Morgan fingerprint density at radius 2 is 0.786 bits per heavy atom. The third-order valence-corrected chi connectivity index (χ3v) is 11.7. The van der Waals surface area contributed by atoms with Crippen molar-refractivity contribution < 1.29 is 8.83 Å². The zero-order chi connectivity index (χ0) is 36.7. The Morgan fingerprint density at radius 1 is 0.268 bits per heavy atom. The van der Waals surface area contributed by atoms with Gasteiger partial charge in [0, 0.05) is 32.7 Å². The monoisotopic (exact) mass is 712 g/mol. The molecular weight excluding hydrogens is 681 g/mol. The van der Waals surface area contributed by atoms with E-state index in [9.17, 15) is 0 Å². The number of furan rings is 2. The highest BCUT2D eigenvalue weighted by atomic mass is 16.3. The lowest BCUT2D eigenvalue weighted by atomic mass is 9.84. The van der Waals surface area contributed by atoms with Crippen molar-refractivity contribution in [2.45, 2.75) is 0 Å². The first kappa shape index (κ1) is 31.0. The smallest absolute Gasteiger partial charge is 0.144 e. The Balaban J connectivity index is 1.13. The van der Waals surface area contributed by atoms with Crippen LogP contribution in [0.3, 0.4) is 0 Å². The molecule has 260 valence electrons. The van der Waals surface area contributed by atoms with Crippen LogP contribution in [0.2, 0.25) is 0 Å². The van der Waals surface area contributed by atoms with Crippen LogP contribution in [0.5, 0.6) is 0 Å². The molecule has 0 atom stereocenters. The molecule has 2 heterocycles. The third-order valence-electron chi connectivity index (χ3n) is 11.7. The van der Waals surface area contributed by atoms with Gasteiger partial charge in [-0.25, -0.2) is 0 Å². The van der Waals surface area contributed by atoms with Gasteiger partial charge in [-0.15, -0.1) is 0 Å². The molecule has 56 heavy (non-hydrogen) atoms. The fraction of sp³-hybridized carbons (Fsp3) is 0. The molecule has 0 bridgehead atoms. The van der Waals surface area contributed by atoms with Crippen molar-refractivity contribution in [2.24, 2.45) is 0 Å². The summed E-state index contributed by atoms with van der Waals surface area (Å²) < 4.78 is 13.4. The van der Waals surface area contributed by atoms with E-state index in [-0.39, 0.29) is 0 Å². The van der Waals surface area contributed by atoms with Crippen LogP contribution in [-0.4, -0.2) is 0 Å². The Labute approximate surface area is 322 Å². The summed E-state index contributed by atoms with van der Waals surface area (Å²) in [6.07, 6.45) is 0. The van der Waals surface area contributed by atoms with Crippen LogP contribution in [0.4, 0.5) is 0 Å². The summed E-state index contributed by atoms with van der Waals surface area (Å²) in [6, 6.07) is 69.8. The van der Waals surface area contributed by atoms with Gasteiger partial charge in [0.25, 0.3) is 0 Å². The van der Waals surface area contributed by atoms with Crippen LogP contribution in [0.1, 0.15) is 0 Å². The van der Waals surface area contributed by atoms with Gasteiger partial charge in [0.15, 0.2) is 0 Å². The van der Waals surface area contributed by atoms with E-state index >= 15 is 0 Å². The molecule has 0 aliphatic heterocycles. The summed E-state index contributed by atoms with van der Waals surface area (Å²) in [7, 11) is 0. The highest BCUT2D eigenvalue weighted by Gasteiger charge is 2.24. The highest BCUT2D eigenvalue weighted by molar-refractivity contribution is 6.27. The van der Waals surface area contributed by atoms with Crippen LogP contribution in [0, 0.1) is 0 Å². The van der Waals surface area contributed by atoms with Crippen molar-refractivity contribution in [3.63, 3.8) is 0 Å². The number of hydrogen-bond donors (Lipinski definition) is 0. The van der Waals surface area contributed by atoms with Crippen LogP contribution in [-0.2, 0) is 0 Å².